The van der Waals surface area contributed by atoms with Gasteiger partial charge < -0.3 is 5.73 Å². The van der Waals surface area contributed by atoms with Crippen molar-refractivity contribution in [1.82, 2.24) is 9.66 Å². The van der Waals surface area contributed by atoms with Crippen LogP contribution < -0.4 is 5.73 Å². The van der Waals surface area contributed by atoms with Gasteiger partial charge in [-0.15, -0.1) is 6.42 Å². The predicted octanol–water partition coefficient (Wildman–Crippen LogP) is 1.78. The molecule has 0 bridgehead atoms. The second kappa shape index (κ2) is 4.72. The number of rotatable bonds is 2. The number of imidazole rings is 1. The van der Waals surface area contributed by atoms with E-state index in [1.54, 1.807) is 25.3 Å². The third-order valence-electron chi connectivity index (χ3n) is 2.35. The van der Waals surface area contributed by atoms with Gasteiger partial charge in [0, 0.05) is 11.1 Å². The van der Waals surface area contributed by atoms with Crippen molar-refractivity contribution in [2.45, 2.75) is 6.92 Å². The Labute approximate surface area is 104 Å². The van der Waals surface area contributed by atoms with Crippen molar-refractivity contribution in [1.29, 1.82) is 0 Å². The van der Waals surface area contributed by atoms with Gasteiger partial charge in [-0.05, 0) is 19.1 Å². The Morgan fingerprint density at radius 3 is 2.94 bits per heavy atom. The minimum atomic E-state index is -0.426. The molecule has 0 amide bonds. The molecule has 0 unspecified atom stereocenters. The number of nitrogens with zero attached hydrogens (tertiary/aromatic N) is 3. The predicted molar refractivity (Wildman–Crippen MR) is 68.7 cm³/mol. The highest BCUT2D eigenvalue weighted by Crippen LogP contribution is 2.11. The van der Waals surface area contributed by atoms with Crippen molar-refractivity contribution in [2.24, 2.45) is 5.10 Å². The molecule has 2 rings (SSSR count). The number of hydrogen-bond acceptors (Lipinski definition) is 3. The van der Waals surface area contributed by atoms with Crippen molar-refractivity contribution >= 4 is 12.2 Å². The van der Waals surface area contributed by atoms with Gasteiger partial charge in [0.25, 0.3) is 0 Å². The summed E-state index contributed by atoms with van der Waals surface area (Å²) < 4.78 is 15.0. The molecule has 2 N–H and O–H groups in total. The van der Waals surface area contributed by atoms with Crippen LogP contribution in [0.25, 0.3) is 0 Å². The molecule has 0 radical (unpaired) electrons. The number of benzene rings is 1. The van der Waals surface area contributed by atoms with Crippen LogP contribution in [0.1, 0.15) is 16.8 Å². The Balaban J connectivity index is 2.41. The third-order valence-corrected chi connectivity index (χ3v) is 2.35. The van der Waals surface area contributed by atoms with E-state index < -0.39 is 5.82 Å². The molecule has 0 aliphatic heterocycles. The highest BCUT2D eigenvalue weighted by molar-refractivity contribution is 5.83. The molecular weight excluding hydrogens is 231 g/mol. The molecule has 0 saturated carbocycles. The molecule has 2 aromatic rings. The summed E-state index contributed by atoms with van der Waals surface area (Å²) in [5.41, 5.74) is 7.04. The minimum absolute atomic E-state index is 0.238. The molecule has 0 aliphatic carbocycles. The van der Waals surface area contributed by atoms with Gasteiger partial charge in [0.2, 0.25) is 5.95 Å². The van der Waals surface area contributed by atoms with Crippen LogP contribution in [0.5, 0.6) is 0 Å². The van der Waals surface area contributed by atoms with E-state index in [4.69, 9.17) is 12.2 Å². The lowest BCUT2D eigenvalue weighted by molar-refractivity contribution is 0.625. The zero-order valence-electron chi connectivity index (χ0n) is 9.76. The Hall–Kier alpha value is -2.61. The Bertz CT molecular complexity index is 649. The number of aromatic nitrogens is 2. The molecule has 0 fully saturated rings. The summed E-state index contributed by atoms with van der Waals surface area (Å²) in [5.74, 6) is 2.22. The van der Waals surface area contributed by atoms with E-state index in [1.165, 1.54) is 17.0 Å². The lowest BCUT2D eigenvalue weighted by Crippen LogP contribution is -1.99. The summed E-state index contributed by atoms with van der Waals surface area (Å²) in [6, 6.07) is 4.52. The Morgan fingerprint density at radius 1 is 1.56 bits per heavy atom. The average molecular weight is 242 g/mol. The fourth-order valence-corrected chi connectivity index (χ4v) is 1.51. The first-order chi connectivity index (χ1) is 8.61. The van der Waals surface area contributed by atoms with Crippen molar-refractivity contribution in [3.63, 3.8) is 0 Å². The SMILES string of the molecule is C#Cc1cccc(F)c1C=Nn1cc(C)nc1N. The topological polar surface area (TPSA) is 56.2 Å². The Kier molecular flexibility index (Phi) is 3.11. The van der Waals surface area contributed by atoms with E-state index in [2.05, 4.69) is 16.0 Å². The van der Waals surface area contributed by atoms with E-state index in [0.29, 0.717) is 5.56 Å². The fraction of sp³-hybridized carbons (Fsp3) is 0.0769. The smallest absolute Gasteiger partial charge is 0.221 e. The molecule has 5 heteroatoms. The largest absolute Gasteiger partial charge is 0.368 e. The minimum Gasteiger partial charge on any atom is -0.368 e. The molecule has 1 heterocycles. The zero-order valence-corrected chi connectivity index (χ0v) is 9.76. The van der Waals surface area contributed by atoms with Crippen LogP contribution in [-0.4, -0.2) is 15.9 Å². The maximum atomic E-state index is 13.6. The second-order valence-electron chi connectivity index (χ2n) is 3.68. The maximum Gasteiger partial charge on any atom is 0.221 e. The summed E-state index contributed by atoms with van der Waals surface area (Å²) in [7, 11) is 0. The van der Waals surface area contributed by atoms with E-state index in [-0.39, 0.29) is 11.5 Å². The lowest BCUT2D eigenvalue weighted by atomic mass is 10.1. The normalized spacial score (nSPS) is 10.7. The summed E-state index contributed by atoms with van der Waals surface area (Å²) >= 11 is 0. The first-order valence-corrected chi connectivity index (χ1v) is 5.22. The summed E-state index contributed by atoms with van der Waals surface area (Å²) in [6.07, 6.45) is 8.28. The summed E-state index contributed by atoms with van der Waals surface area (Å²) in [5, 5.41) is 4.03. The van der Waals surface area contributed by atoms with E-state index in [9.17, 15) is 4.39 Å². The molecule has 0 spiro atoms. The van der Waals surface area contributed by atoms with Crippen LogP contribution in [0.15, 0.2) is 29.5 Å². The van der Waals surface area contributed by atoms with E-state index in [0.717, 1.165) is 5.69 Å². The molecular formula is C13H11FN4. The van der Waals surface area contributed by atoms with Gasteiger partial charge in [0.1, 0.15) is 5.82 Å². The van der Waals surface area contributed by atoms with Crippen LogP contribution in [-0.2, 0) is 0 Å². The number of hydrogen-bond donors (Lipinski definition) is 1. The molecule has 4 nitrogen and oxygen atoms in total. The van der Waals surface area contributed by atoms with Gasteiger partial charge in [0.15, 0.2) is 0 Å². The van der Waals surface area contributed by atoms with Crippen molar-refractivity contribution in [3.8, 4) is 12.3 Å². The fourth-order valence-electron chi connectivity index (χ4n) is 1.51. The monoisotopic (exact) mass is 242 g/mol. The van der Waals surface area contributed by atoms with Crippen molar-refractivity contribution in [3.05, 3.63) is 47.0 Å². The summed E-state index contributed by atoms with van der Waals surface area (Å²) in [4.78, 5) is 3.98. The number of aryl methyl sites for hydroxylation is 1. The summed E-state index contributed by atoms with van der Waals surface area (Å²) in [6.45, 7) is 1.79. The van der Waals surface area contributed by atoms with Gasteiger partial charge in [-0.25, -0.2) is 14.1 Å². The van der Waals surface area contributed by atoms with Crippen molar-refractivity contribution in [2.75, 3.05) is 5.73 Å². The van der Waals surface area contributed by atoms with Crippen molar-refractivity contribution < 1.29 is 4.39 Å². The maximum absolute atomic E-state index is 13.6. The number of nitrogens with two attached hydrogens (primary N) is 1. The molecule has 1 aromatic carbocycles. The quantitative estimate of drug-likeness (QED) is 0.644. The highest BCUT2D eigenvalue weighted by Gasteiger charge is 2.04. The molecule has 1 aromatic heterocycles. The molecule has 0 saturated heterocycles. The van der Waals surface area contributed by atoms with Crippen LogP contribution >= 0.6 is 0 Å². The third kappa shape index (κ3) is 2.23. The highest BCUT2D eigenvalue weighted by atomic mass is 19.1. The zero-order chi connectivity index (χ0) is 13.1. The van der Waals surface area contributed by atoms with Gasteiger partial charge in [-0.3, -0.25) is 0 Å². The van der Waals surface area contributed by atoms with Crippen LogP contribution in [0, 0.1) is 25.1 Å². The first kappa shape index (κ1) is 11.9. The molecule has 0 aliphatic rings. The van der Waals surface area contributed by atoms with Crippen LogP contribution in [0.2, 0.25) is 0 Å². The van der Waals surface area contributed by atoms with Crippen LogP contribution in [0.3, 0.4) is 0 Å². The van der Waals surface area contributed by atoms with Crippen LogP contribution in [0.4, 0.5) is 10.3 Å². The van der Waals surface area contributed by atoms with Gasteiger partial charge in [0.05, 0.1) is 18.1 Å². The van der Waals surface area contributed by atoms with Gasteiger partial charge >= 0.3 is 0 Å². The number of anilines is 1. The Morgan fingerprint density at radius 2 is 2.33 bits per heavy atom. The molecule has 90 valence electrons. The van der Waals surface area contributed by atoms with E-state index in [1.807, 2.05) is 0 Å². The average Bonchev–Trinajstić information content (AvgIpc) is 2.66. The number of terminal acetylenes is 1. The first-order valence-electron chi connectivity index (χ1n) is 5.22. The number of nitrogen functional groups attached to an aromatic ring is 1. The van der Waals surface area contributed by atoms with E-state index >= 15 is 0 Å². The number of halogens is 1. The van der Waals surface area contributed by atoms with Gasteiger partial charge in [-0.1, -0.05) is 12.0 Å². The standard InChI is InChI=1S/C13H11FN4/c1-3-10-5-4-6-12(14)11(10)7-16-18-8-9(2)17-13(18)15/h1,4-8H,2H3,(H2,15,17). The van der Waals surface area contributed by atoms with Gasteiger partial charge in [-0.2, -0.15) is 5.10 Å². The second-order valence-corrected chi connectivity index (χ2v) is 3.68. The molecule has 18 heavy (non-hydrogen) atoms. The molecule has 0 atom stereocenters. The lowest BCUT2D eigenvalue weighted by Gasteiger charge is -2.00.